The summed E-state index contributed by atoms with van der Waals surface area (Å²) in [6.07, 6.45) is 0. The number of anilines is 1. The zero-order valence-electron chi connectivity index (χ0n) is 11.5. The van der Waals surface area contributed by atoms with Crippen molar-refractivity contribution in [2.45, 2.75) is 6.54 Å². The normalized spacial score (nSPS) is 10.3. The maximum absolute atomic E-state index is 5.31. The third-order valence-corrected chi connectivity index (χ3v) is 4.84. The number of ether oxygens (including phenoxy) is 2. The van der Waals surface area contributed by atoms with Crippen molar-refractivity contribution in [2.75, 3.05) is 19.5 Å². The lowest BCUT2D eigenvalue weighted by Gasteiger charge is -2.12. The van der Waals surface area contributed by atoms with Crippen LogP contribution in [0.15, 0.2) is 43.7 Å². The summed E-state index contributed by atoms with van der Waals surface area (Å²) in [7, 11) is 3.31. The fraction of sp³-hybridized carbons (Fsp3) is 0.200. The van der Waals surface area contributed by atoms with E-state index in [1.807, 2.05) is 30.3 Å². The molecule has 112 valence electrons. The average Bonchev–Trinajstić information content (AvgIpc) is 2.46. The predicted molar refractivity (Wildman–Crippen MR) is 96.4 cm³/mol. The van der Waals surface area contributed by atoms with Gasteiger partial charge in [0.25, 0.3) is 0 Å². The molecule has 2 rings (SSSR count). The van der Waals surface area contributed by atoms with Gasteiger partial charge in [-0.1, -0.05) is 6.07 Å². The van der Waals surface area contributed by atoms with Gasteiger partial charge in [0.05, 0.1) is 28.9 Å². The molecule has 0 heterocycles. The lowest BCUT2D eigenvalue weighted by molar-refractivity contribution is 0.412. The summed E-state index contributed by atoms with van der Waals surface area (Å²) in [6, 6.07) is 9.92. The molecular weight excluding hydrogens is 466 g/mol. The molecule has 2 aromatic rings. The summed E-state index contributed by atoms with van der Waals surface area (Å²) in [5.41, 5.74) is 2.12. The van der Waals surface area contributed by atoms with E-state index in [0.717, 1.165) is 36.2 Å². The van der Waals surface area contributed by atoms with Gasteiger partial charge >= 0.3 is 0 Å². The fourth-order valence-corrected chi connectivity index (χ4v) is 3.72. The van der Waals surface area contributed by atoms with Crippen molar-refractivity contribution in [2.24, 2.45) is 0 Å². The Morgan fingerprint density at radius 2 is 1.52 bits per heavy atom. The van der Waals surface area contributed by atoms with Crippen molar-refractivity contribution >= 4 is 53.5 Å². The highest BCUT2D eigenvalue weighted by Gasteiger charge is 2.07. The molecule has 0 saturated carbocycles. The zero-order chi connectivity index (χ0) is 15.4. The molecule has 0 unspecified atom stereocenters. The zero-order valence-corrected chi connectivity index (χ0v) is 16.3. The van der Waals surface area contributed by atoms with Crippen LogP contribution >= 0.6 is 47.8 Å². The van der Waals surface area contributed by atoms with Crippen molar-refractivity contribution in [3.8, 4) is 11.5 Å². The first-order valence-corrected chi connectivity index (χ1v) is 8.52. The number of halogens is 3. The van der Waals surface area contributed by atoms with Gasteiger partial charge in [-0.2, -0.15) is 0 Å². The first kappa shape index (κ1) is 16.6. The number of benzene rings is 2. The van der Waals surface area contributed by atoms with Crippen LogP contribution in [-0.2, 0) is 6.54 Å². The fourth-order valence-electron chi connectivity index (χ4n) is 1.84. The van der Waals surface area contributed by atoms with E-state index in [2.05, 4.69) is 53.1 Å². The maximum Gasteiger partial charge on any atom is 0.135 e. The lowest BCUT2D eigenvalue weighted by atomic mass is 10.2. The van der Waals surface area contributed by atoms with Gasteiger partial charge in [0.15, 0.2) is 0 Å². The molecule has 0 amide bonds. The number of rotatable bonds is 5. The van der Waals surface area contributed by atoms with Gasteiger partial charge in [0.1, 0.15) is 11.5 Å². The third-order valence-electron chi connectivity index (χ3n) is 2.94. The molecule has 0 saturated heterocycles. The Kier molecular flexibility index (Phi) is 5.96. The van der Waals surface area contributed by atoms with Crippen LogP contribution in [0.5, 0.6) is 11.5 Å². The second kappa shape index (κ2) is 7.51. The van der Waals surface area contributed by atoms with Crippen molar-refractivity contribution in [1.29, 1.82) is 0 Å². The van der Waals surface area contributed by atoms with Crippen LogP contribution in [-0.4, -0.2) is 14.2 Å². The summed E-state index contributed by atoms with van der Waals surface area (Å²) in [5.74, 6) is 1.61. The first-order valence-electron chi connectivity index (χ1n) is 6.14. The van der Waals surface area contributed by atoms with E-state index >= 15 is 0 Å². The molecule has 0 aromatic heterocycles. The lowest BCUT2D eigenvalue weighted by Crippen LogP contribution is -2.01. The van der Waals surface area contributed by atoms with Crippen molar-refractivity contribution in [3.05, 3.63) is 49.3 Å². The molecule has 3 nitrogen and oxygen atoms in total. The Balaban J connectivity index is 2.14. The van der Waals surface area contributed by atoms with E-state index in [-0.39, 0.29) is 0 Å². The van der Waals surface area contributed by atoms with Gasteiger partial charge in [-0.25, -0.2) is 0 Å². The van der Waals surface area contributed by atoms with E-state index in [9.17, 15) is 0 Å². The molecule has 1 N–H and O–H groups in total. The number of hydrogen-bond donors (Lipinski definition) is 1. The molecule has 0 fully saturated rings. The highest BCUT2D eigenvalue weighted by atomic mass is 79.9. The van der Waals surface area contributed by atoms with Crippen LogP contribution in [0, 0.1) is 0 Å². The molecule has 6 heteroatoms. The van der Waals surface area contributed by atoms with E-state index in [0.29, 0.717) is 6.54 Å². The molecule has 21 heavy (non-hydrogen) atoms. The molecule has 0 aliphatic carbocycles. The summed E-state index contributed by atoms with van der Waals surface area (Å²) >= 11 is 10.5. The van der Waals surface area contributed by atoms with Gasteiger partial charge in [0.2, 0.25) is 0 Å². The second-order valence-corrected chi connectivity index (χ2v) is 6.85. The summed E-state index contributed by atoms with van der Waals surface area (Å²) in [4.78, 5) is 0. The van der Waals surface area contributed by atoms with Crippen LogP contribution in [0.25, 0.3) is 0 Å². The van der Waals surface area contributed by atoms with Crippen molar-refractivity contribution < 1.29 is 9.47 Å². The van der Waals surface area contributed by atoms with Crippen molar-refractivity contribution in [3.63, 3.8) is 0 Å². The van der Waals surface area contributed by atoms with E-state index in [4.69, 9.17) is 9.47 Å². The maximum atomic E-state index is 5.31. The van der Waals surface area contributed by atoms with Gasteiger partial charge in [0, 0.05) is 17.1 Å². The smallest absolute Gasteiger partial charge is 0.135 e. The highest BCUT2D eigenvalue weighted by molar-refractivity contribution is 9.11. The van der Waals surface area contributed by atoms with E-state index in [1.54, 1.807) is 14.2 Å². The number of nitrogens with one attached hydrogen (secondary N) is 1. The van der Waals surface area contributed by atoms with Gasteiger partial charge in [-0.05, 0) is 71.6 Å². The molecule has 0 spiro atoms. The van der Waals surface area contributed by atoms with Crippen LogP contribution < -0.4 is 14.8 Å². The molecular formula is C15H14Br3NO2. The van der Waals surface area contributed by atoms with E-state index < -0.39 is 0 Å². The number of hydrogen-bond acceptors (Lipinski definition) is 3. The molecule has 0 radical (unpaired) electrons. The van der Waals surface area contributed by atoms with Gasteiger partial charge in [-0.15, -0.1) is 0 Å². The average molecular weight is 480 g/mol. The quantitative estimate of drug-likeness (QED) is 0.605. The topological polar surface area (TPSA) is 30.5 Å². The Morgan fingerprint density at radius 3 is 2.14 bits per heavy atom. The van der Waals surface area contributed by atoms with Crippen molar-refractivity contribution in [1.82, 2.24) is 0 Å². The van der Waals surface area contributed by atoms with Crippen LogP contribution in [0.1, 0.15) is 5.56 Å². The summed E-state index contributed by atoms with van der Waals surface area (Å²) < 4.78 is 13.4. The van der Waals surface area contributed by atoms with Crippen LogP contribution in [0.4, 0.5) is 5.69 Å². The molecule has 0 bridgehead atoms. The summed E-state index contributed by atoms with van der Waals surface area (Å²) in [5, 5.41) is 3.39. The Hall–Kier alpha value is -0.720. The molecule has 2 aromatic carbocycles. The Labute approximate surface area is 149 Å². The largest absolute Gasteiger partial charge is 0.496 e. The molecule has 0 atom stereocenters. The summed E-state index contributed by atoms with van der Waals surface area (Å²) in [6.45, 7) is 0.700. The first-order chi connectivity index (χ1) is 10.0. The molecule has 0 aliphatic rings. The Bertz CT molecular complexity index is 647. The minimum absolute atomic E-state index is 0.700. The standard InChI is InChI=1S/C15H14Br3NO2/c1-20-14-4-3-9(5-11(14)17)8-19-13-7-15(21-2)12(18)6-10(13)16/h3-7,19H,8H2,1-2H3. The highest BCUT2D eigenvalue weighted by Crippen LogP contribution is 2.35. The number of methoxy groups -OCH3 is 2. The van der Waals surface area contributed by atoms with Crippen LogP contribution in [0.2, 0.25) is 0 Å². The predicted octanol–water partition coefficient (Wildman–Crippen LogP) is 5.60. The van der Waals surface area contributed by atoms with E-state index in [1.165, 1.54) is 0 Å². The van der Waals surface area contributed by atoms with Gasteiger partial charge < -0.3 is 14.8 Å². The monoisotopic (exact) mass is 477 g/mol. The minimum Gasteiger partial charge on any atom is -0.496 e. The minimum atomic E-state index is 0.700. The Morgan fingerprint density at radius 1 is 0.857 bits per heavy atom. The third kappa shape index (κ3) is 4.14. The second-order valence-electron chi connectivity index (χ2n) is 4.29. The SMILES string of the molecule is COc1ccc(CNc2cc(OC)c(Br)cc2Br)cc1Br. The van der Waals surface area contributed by atoms with Gasteiger partial charge in [-0.3, -0.25) is 0 Å². The molecule has 0 aliphatic heterocycles. The van der Waals surface area contributed by atoms with Crippen LogP contribution in [0.3, 0.4) is 0 Å².